The lowest BCUT2D eigenvalue weighted by Crippen LogP contribution is -2.60. The van der Waals surface area contributed by atoms with E-state index in [0.717, 1.165) is 44.9 Å². The predicted molar refractivity (Wildman–Crippen MR) is 339 cm³/mol. The summed E-state index contributed by atoms with van der Waals surface area (Å²) in [6.45, 7) is 21.2. The molecule has 26 heteroatoms. The van der Waals surface area contributed by atoms with Crippen LogP contribution in [0.15, 0.2) is 23.5 Å². The van der Waals surface area contributed by atoms with Crippen molar-refractivity contribution in [3.63, 3.8) is 0 Å². The van der Waals surface area contributed by atoms with E-state index in [1.54, 1.807) is 34.5 Å². The molecule has 12 aliphatic rings. The SMILES string of the molecule is COC1=C[C@@H](C)OC(O[C@H]2CC[C@@]3(C)C(=CC[C@@H]4[C@@H]3CC[C@@]3(C)[C@H]4CC[C@]3(O)[C@H](C)O[C@H]3C[C@H]4OC[C@]5(C[C@@H](OC)[C@H](O[C@H]6C[C@H](OC)[C@H](O[C@H]7C[C@@H](O)[C@H](O[C@H]8C[C@H](OC)[C@H](O[C@H]9C[C@H](OC)[C@H](OC(C)=O)[C@@H](C)O9)[C@@H](C)O8)[C@@H](C)O7)[C@@H](C)O6)[C@@H](C)O5)OO[C@@H]4[C@@H](C)O3)C2)C1=O. The number of hydrogen-bond acceptors (Lipinski definition) is 26. The highest BCUT2D eigenvalue weighted by molar-refractivity contribution is 5.96. The number of carbonyl (C=O) groups excluding carboxylic acids is 2. The van der Waals surface area contributed by atoms with Crippen LogP contribution in [0.4, 0.5) is 0 Å². The van der Waals surface area contributed by atoms with Gasteiger partial charge in [0.15, 0.2) is 43.3 Å². The second kappa shape index (κ2) is 30.3. The molecule has 1 unspecified atom stereocenters. The van der Waals surface area contributed by atoms with E-state index in [4.69, 9.17) is 105 Å². The summed E-state index contributed by atoms with van der Waals surface area (Å²) in [6.07, 6.45) is -2.89. The van der Waals surface area contributed by atoms with Gasteiger partial charge in [-0.15, -0.1) is 0 Å². The monoisotopic (exact) mass is 1380 g/mol. The van der Waals surface area contributed by atoms with Crippen LogP contribution in [0.1, 0.15) is 166 Å². The van der Waals surface area contributed by atoms with Gasteiger partial charge in [-0.2, -0.15) is 4.89 Å². The Balaban J connectivity index is 0.597. The van der Waals surface area contributed by atoms with E-state index in [1.807, 2.05) is 55.4 Å². The van der Waals surface area contributed by atoms with E-state index in [-0.39, 0.29) is 48.3 Å². The van der Waals surface area contributed by atoms with Crippen molar-refractivity contribution in [3.8, 4) is 0 Å². The van der Waals surface area contributed by atoms with Gasteiger partial charge < -0.3 is 105 Å². The summed E-state index contributed by atoms with van der Waals surface area (Å²) in [6, 6.07) is 0. The number of aliphatic hydroxyl groups excluding tert-OH is 1. The Bertz CT molecular complexity index is 2730. The van der Waals surface area contributed by atoms with Crippen molar-refractivity contribution < 1.29 is 124 Å². The van der Waals surface area contributed by atoms with Crippen LogP contribution in [-0.4, -0.2) is 241 Å². The molecule has 12 rings (SSSR count). The molecular formula is C71H112O26. The maximum atomic E-state index is 13.1. The number of ketones is 1. The van der Waals surface area contributed by atoms with Crippen molar-refractivity contribution in [1.29, 1.82) is 0 Å². The van der Waals surface area contributed by atoms with Gasteiger partial charge in [-0.25, -0.2) is 4.89 Å². The zero-order valence-electron chi connectivity index (χ0n) is 59.8. The summed E-state index contributed by atoms with van der Waals surface area (Å²) < 4.78 is 125. The van der Waals surface area contributed by atoms with Crippen LogP contribution in [0.3, 0.4) is 0 Å². The highest BCUT2D eigenvalue weighted by Crippen LogP contribution is 2.68. The summed E-state index contributed by atoms with van der Waals surface area (Å²) in [4.78, 5) is 37.4. The Morgan fingerprint density at radius 3 is 1.78 bits per heavy atom. The third-order valence-corrected chi connectivity index (χ3v) is 24.5. The summed E-state index contributed by atoms with van der Waals surface area (Å²) in [7, 11) is 7.91. The Kier molecular flexibility index (Phi) is 23.2. The fraction of sp³-hybridized carbons (Fsp3) is 0.915. The van der Waals surface area contributed by atoms with Gasteiger partial charge in [0.25, 0.3) is 5.78 Å². The molecule has 4 aliphatic carbocycles. The number of esters is 1. The maximum Gasteiger partial charge on any atom is 0.303 e. The quantitative estimate of drug-likeness (QED) is 0.0741. The molecular weight excluding hydrogens is 1270 g/mol. The van der Waals surface area contributed by atoms with Crippen LogP contribution in [0.25, 0.3) is 0 Å². The number of aliphatic hydroxyl groups is 2. The maximum absolute atomic E-state index is 13.1. The van der Waals surface area contributed by atoms with E-state index in [0.29, 0.717) is 55.6 Å². The average Bonchev–Trinajstić information content (AvgIpc) is 1.61. The van der Waals surface area contributed by atoms with E-state index in [9.17, 15) is 19.8 Å². The molecule has 0 aromatic carbocycles. The van der Waals surface area contributed by atoms with Crippen LogP contribution < -0.4 is 0 Å². The van der Waals surface area contributed by atoms with Crippen LogP contribution in [-0.2, 0) is 114 Å². The minimum absolute atomic E-state index is 0.0156. The third kappa shape index (κ3) is 14.9. The zero-order valence-corrected chi connectivity index (χ0v) is 59.8. The van der Waals surface area contributed by atoms with Crippen molar-refractivity contribution in [3.05, 3.63) is 23.5 Å². The third-order valence-electron chi connectivity index (χ3n) is 24.5. The molecule has 1 spiro atoms. The number of fused-ring (bicyclic) bond motifs is 6. The number of rotatable bonds is 19. The van der Waals surface area contributed by atoms with Gasteiger partial charge in [0, 0.05) is 79.3 Å². The number of Topliss-reactive ketones (excluding diaryl/α,β-unsaturated/α-hetero) is 1. The second-order valence-corrected chi connectivity index (χ2v) is 30.3. The van der Waals surface area contributed by atoms with Crippen molar-refractivity contribution in [2.45, 2.75) is 343 Å². The zero-order chi connectivity index (χ0) is 69.2. The van der Waals surface area contributed by atoms with Gasteiger partial charge in [-0.1, -0.05) is 25.5 Å². The first-order valence-corrected chi connectivity index (χ1v) is 35.9. The largest absolute Gasteiger partial charge is 0.493 e. The Labute approximate surface area is 571 Å². The molecule has 8 heterocycles. The van der Waals surface area contributed by atoms with E-state index < -0.39 is 171 Å². The van der Waals surface area contributed by atoms with E-state index in [2.05, 4.69) is 19.9 Å². The first-order valence-electron chi connectivity index (χ1n) is 35.9. The molecule has 0 amide bonds. The molecule has 7 saturated heterocycles. The number of carbonyl (C=O) groups is 2. The Morgan fingerprint density at radius 1 is 0.629 bits per heavy atom. The lowest BCUT2D eigenvalue weighted by molar-refractivity contribution is -0.472. The fourth-order valence-corrected chi connectivity index (χ4v) is 19.2. The topological polar surface area (TPSA) is 278 Å². The fourth-order valence-electron chi connectivity index (χ4n) is 19.2. The van der Waals surface area contributed by atoms with Gasteiger partial charge in [0.2, 0.25) is 12.1 Å². The molecule has 26 nitrogen and oxygen atoms in total. The molecule has 0 radical (unpaired) electrons. The summed E-state index contributed by atoms with van der Waals surface area (Å²) >= 11 is 0. The molecule has 0 aromatic rings. The molecule has 10 fully saturated rings. The number of allylic oxidation sites excluding steroid dienone is 1. The molecule has 8 aliphatic heterocycles. The lowest BCUT2D eigenvalue weighted by Gasteiger charge is -2.59. The second-order valence-electron chi connectivity index (χ2n) is 30.3. The highest BCUT2D eigenvalue weighted by atomic mass is 17.2. The van der Waals surface area contributed by atoms with E-state index >= 15 is 0 Å². The molecule has 2 N–H and O–H groups in total. The van der Waals surface area contributed by atoms with Gasteiger partial charge in [0.05, 0.1) is 98.2 Å². The van der Waals surface area contributed by atoms with Crippen molar-refractivity contribution in [2.75, 3.05) is 42.2 Å². The van der Waals surface area contributed by atoms with Crippen molar-refractivity contribution >= 4 is 11.8 Å². The van der Waals surface area contributed by atoms with Crippen LogP contribution >= 0.6 is 0 Å². The summed E-state index contributed by atoms with van der Waals surface area (Å²) in [5.74, 6) is -0.508. The van der Waals surface area contributed by atoms with Gasteiger partial charge in [-0.3, -0.25) is 9.59 Å². The van der Waals surface area contributed by atoms with Crippen molar-refractivity contribution in [1.82, 2.24) is 0 Å². The van der Waals surface area contributed by atoms with Gasteiger partial charge >= 0.3 is 5.97 Å². The molecule has 3 saturated carbocycles. The minimum Gasteiger partial charge on any atom is -0.493 e. The Hall–Kier alpha value is -2.46. The van der Waals surface area contributed by atoms with Crippen molar-refractivity contribution in [2.24, 2.45) is 28.6 Å². The number of ether oxygens (including phenoxy) is 20. The van der Waals surface area contributed by atoms with E-state index in [1.165, 1.54) is 19.6 Å². The lowest BCUT2D eigenvalue weighted by atomic mass is 9.46. The van der Waals surface area contributed by atoms with Gasteiger partial charge in [0.1, 0.15) is 43.2 Å². The molecule has 0 aromatic heterocycles. The molecule has 34 atom stereocenters. The first kappa shape index (κ1) is 74.3. The molecule has 0 bridgehead atoms. The highest BCUT2D eigenvalue weighted by Gasteiger charge is 2.66. The molecule has 97 heavy (non-hydrogen) atoms. The predicted octanol–water partition coefficient (Wildman–Crippen LogP) is 7.10. The molecule has 552 valence electrons. The smallest absolute Gasteiger partial charge is 0.303 e. The first-order chi connectivity index (χ1) is 46.2. The van der Waals surface area contributed by atoms with Gasteiger partial charge in [-0.05, 0) is 136 Å². The standard InChI is InChI=1S/C71H112O26/c1-34-25-49(76-12)60(74)67(82-34)90-44-19-22-68(10)43(26-44)17-18-45-46(68)20-23-69(11)47(45)21-24-71(69,75)41(8)88-56-31-53-66(39(6)87-56)96-97-70(33-81-53)32-54(80-16)65(40(7)95-70)94-59-30-52(79-15)63(37(4)86-59)92-55-27-48(73)61(35(2)83-55)91-57-29-51(78-14)64(38(5)85-57)93-58-28-50(77-13)62(36(3)84-58)89-42(9)72/h17,25,34-41,44-48,50-59,61-67,73,75H,18-24,26-33H2,1-16H3/t34-,35-,36-,37-,38-,39-,40-,41+,44+,45-,46+,47+,48-,50+,51+,52+,53-,54-,55+,56+,57+,58+,59+,61-,62-,63-,64-,65-,66-,67?,68+,69+,70+,71+/m1/s1. The van der Waals surface area contributed by atoms with Crippen LogP contribution in [0.5, 0.6) is 0 Å². The summed E-state index contributed by atoms with van der Waals surface area (Å²) in [5, 5.41) is 24.7. The van der Waals surface area contributed by atoms with Crippen LogP contribution in [0.2, 0.25) is 0 Å². The summed E-state index contributed by atoms with van der Waals surface area (Å²) in [5.41, 5.74) is -0.0108. The number of methoxy groups -OCH3 is 5. The average molecular weight is 1380 g/mol. The normalized spacial score (nSPS) is 50.6. The Morgan fingerprint density at radius 2 is 1.19 bits per heavy atom. The minimum atomic E-state index is -1.34. The number of hydrogen-bond donors (Lipinski definition) is 2. The van der Waals surface area contributed by atoms with Crippen LogP contribution in [0, 0.1) is 28.6 Å².